The number of sulfone groups is 1. The van der Waals surface area contributed by atoms with Crippen molar-refractivity contribution in [3.63, 3.8) is 0 Å². The van der Waals surface area contributed by atoms with E-state index in [9.17, 15) is 18.5 Å². The van der Waals surface area contributed by atoms with Crippen molar-refractivity contribution in [3.05, 3.63) is 62.6 Å². The molecule has 2 aromatic carbocycles. The number of rotatable bonds is 6. The minimum absolute atomic E-state index is 0.0727. The van der Waals surface area contributed by atoms with Gasteiger partial charge in [-0.05, 0) is 36.2 Å². The Labute approximate surface area is 149 Å². The van der Waals surface area contributed by atoms with Gasteiger partial charge in [-0.25, -0.2) is 8.42 Å². The third kappa shape index (κ3) is 4.33. The zero-order valence-electron chi connectivity index (χ0n) is 13.2. The molecule has 0 saturated carbocycles. The first-order valence-corrected chi connectivity index (χ1v) is 9.91. The predicted molar refractivity (Wildman–Crippen MR) is 97.0 cm³/mol. The zero-order valence-corrected chi connectivity index (χ0v) is 15.6. The first-order chi connectivity index (χ1) is 11.2. The Morgan fingerprint density at radius 3 is 2.33 bits per heavy atom. The fraction of sp³-hybridized carbons (Fsp3) is 0.250. The van der Waals surface area contributed by atoms with Gasteiger partial charge in [-0.3, -0.25) is 10.1 Å². The van der Waals surface area contributed by atoms with E-state index in [-0.39, 0.29) is 16.6 Å². The standard InChI is InChI=1S/C16H17BrN2O4S/c1-3-14(11-4-6-12(17)7-5-11)18-15-9-8-13(24(2,22)23)10-16(15)19(20)21/h4-10,14,18H,3H2,1-2H3/t14-/m1/s1. The third-order valence-corrected chi connectivity index (χ3v) is 5.24. The average molecular weight is 413 g/mol. The van der Waals surface area contributed by atoms with Crippen LogP contribution in [0.2, 0.25) is 0 Å². The van der Waals surface area contributed by atoms with Gasteiger partial charge in [-0.1, -0.05) is 35.0 Å². The van der Waals surface area contributed by atoms with Crippen molar-refractivity contribution in [2.24, 2.45) is 0 Å². The highest BCUT2D eigenvalue weighted by Gasteiger charge is 2.21. The lowest BCUT2D eigenvalue weighted by atomic mass is 10.0. The van der Waals surface area contributed by atoms with Crippen molar-refractivity contribution in [1.82, 2.24) is 0 Å². The fourth-order valence-electron chi connectivity index (χ4n) is 2.32. The maximum Gasteiger partial charge on any atom is 0.293 e. The summed E-state index contributed by atoms with van der Waals surface area (Å²) in [6.45, 7) is 1.97. The van der Waals surface area contributed by atoms with Gasteiger partial charge in [-0.15, -0.1) is 0 Å². The van der Waals surface area contributed by atoms with E-state index in [0.717, 1.165) is 22.4 Å². The molecular formula is C16H17BrN2O4S. The van der Waals surface area contributed by atoms with E-state index in [4.69, 9.17) is 0 Å². The Hall–Kier alpha value is -1.93. The van der Waals surface area contributed by atoms with E-state index < -0.39 is 14.8 Å². The van der Waals surface area contributed by atoms with Gasteiger partial charge in [0, 0.05) is 16.8 Å². The van der Waals surface area contributed by atoms with Crippen molar-refractivity contribution in [1.29, 1.82) is 0 Å². The van der Waals surface area contributed by atoms with Crippen molar-refractivity contribution < 1.29 is 13.3 Å². The number of hydrogen-bond acceptors (Lipinski definition) is 5. The molecule has 0 heterocycles. The number of anilines is 1. The van der Waals surface area contributed by atoms with Crippen molar-refractivity contribution in [3.8, 4) is 0 Å². The summed E-state index contributed by atoms with van der Waals surface area (Å²) in [4.78, 5) is 10.7. The molecule has 0 unspecified atom stereocenters. The second-order valence-electron chi connectivity index (χ2n) is 5.36. The lowest BCUT2D eigenvalue weighted by molar-refractivity contribution is -0.384. The molecule has 24 heavy (non-hydrogen) atoms. The Bertz CT molecular complexity index is 851. The van der Waals surface area contributed by atoms with Crippen LogP contribution >= 0.6 is 15.9 Å². The highest BCUT2D eigenvalue weighted by Crippen LogP contribution is 2.32. The van der Waals surface area contributed by atoms with Crippen LogP contribution in [0.1, 0.15) is 24.9 Å². The third-order valence-electron chi connectivity index (χ3n) is 3.60. The predicted octanol–water partition coefficient (Wildman–Crippen LogP) is 4.32. The molecular weight excluding hydrogens is 396 g/mol. The van der Waals surface area contributed by atoms with E-state index >= 15 is 0 Å². The summed E-state index contributed by atoms with van der Waals surface area (Å²) >= 11 is 3.37. The van der Waals surface area contributed by atoms with Gasteiger partial charge >= 0.3 is 0 Å². The van der Waals surface area contributed by atoms with Crippen molar-refractivity contribution in [2.75, 3.05) is 11.6 Å². The van der Waals surface area contributed by atoms with Gasteiger partial charge in [0.25, 0.3) is 5.69 Å². The molecule has 8 heteroatoms. The summed E-state index contributed by atoms with van der Waals surface area (Å²) in [5.41, 5.74) is 1.03. The molecule has 0 aliphatic carbocycles. The highest BCUT2D eigenvalue weighted by atomic mass is 79.9. The molecule has 1 N–H and O–H groups in total. The number of benzene rings is 2. The van der Waals surface area contributed by atoms with E-state index in [1.54, 1.807) is 0 Å². The maximum absolute atomic E-state index is 11.6. The smallest absolute Gasteiger partial charge is 0.293 e. The van der Waals surface area contributed by atoms with E-state index in [1.807, 2.05) is 31.2 Å². The second kappa shape index (κ2) is 7.31. The molecule has 1 atom stereocenters. The minimum Gasteiger partial charge on any atom is -0.373 e. The van der Waals surface area contributed by atoms with Crippen LogP contribution in [0.5, 0.6) is 0 Å². The Morgan fingerprint density at radius 2 is 1.83 bits per heavy atom. The Morgan fingerprint density at radius 1 is 1.21 bits per heavy atom. The lowest BCUT2D eigenvalue weighted by Gasteiger charge is -2.19. The van der Waals surface area contributed by atoms with Crippen LogP contribution in [0, 0.1) is 10.1 Å². The largest absolute Gasteiger partial charge is 0.373 e. The van der Waals surface area contributed by atoms with E-state index in [1.165, 1.54) is 12.1 Å². The summed E-state index contributed by atoms with van der Waals surface area (Å²) in [6.07, 6.45) is 1.74. The normalized spacial score (nSPS) is 12.6. The molecule has 0 bridgehead atoms. The summed E-state index contributed by atoms with van der Waals surface area (Å²) in [5, 5.41) is 14.5. The van der Waals surface area contributed by atoms with Crippen molar-refractivity contribution >= 4 is 37.1 Å². The van der Waals surface area contributed by atoms with Crippen LogP contribution in [-0.2, 0) is 9.84 Å². The number of nitrogens with one attached hydrogen (secondary N) is 1. The lowest BCUT2D eigenvalue weighted by Crippen LogP contribution is -2.11. The van der Waals surface area contributed by atoms with Gasteiger partial charge in [0.15, 0.2) is 9.84 Å². The second-order valence-corrected chi connectivity index (χ2v) is 8.30. The van der Waals surface area contributed by atoms with Gasteiger partial charge in [0.05, 0.1) is 15.9 Å². The first-order valence-electron chi connectivity index (χ1n) is 7.23. The van der Waals surface area contributed by atoms with Gasteiger partial charge in [0.1, 0.15) is 5.69 Å². The molecule has 0 fully saturated rings. The minimum atomic E-state index is -3.50. The zero-order chi connectivity index (χ0) is 17.9. The van der Waals surface area contributed by atoms with E-state index in [0.29, 0.717) is 12.1 Å². The Kier molecular flexibility index (Phi) is 5.61. The molecule has 0 radical (unpaired) electrons. The average Bonchev–Trinajstić information content (AvgIpc) is 2.52. The van der Waals surface area contributed by atoms with Gasteiger partial charge < -0.3 is 5.32 Å². The Balaban J connectivity index is 2.40. The topological polar surface area (TPSA) is 89.3 Å². The molecule has 0 saturated heterocycles. The number of nitro groups is 1. The van der Waals surface area contributed by atoms with Crippen LogP contribution in [0.3, 0.4) is 0 Å². The monoisotopic (exact) mass is 412 g/mol. The molecule has 2 aromatic rings. The first kappa shape index (κ1) is 18.4. The van der Waals surface area contributed by atoms with Crippen LogP contribution in [0.25, 0.3) is 0 Å². The number of hydrogen-bond donors (Lipinski definition) is 1. The molecule has 128 valence electrons. The van der Waals surface area contributed by atoms with E-state index in [2.05, 4.69) is 21.2 Å². The quantitative estimate of drug-likeness (QED) is 0.563. The summed E-state index contributed by atoms with van der Waals surface area (Å²) < 4.78 is 24.2. The number of nitrogens with zero attached hydrogens (tertiary/aromatic N) is 1. The summed E-state index contributed by atoms with van der Waals surface area (Å²) in [6, 6.07) is 11.5. The number of halogens is 1. The highest BCUT2D eigenvalue weighted by molar-refractivity contribution is 9.10. The summed E-state index contributed by atoms with van der Waals surface area (Å²) in [7, 11) is -3.50. The molecule has 0 aliphatic rings. The van der Waals surface area contributed by atoms with Gasteiger partial charge in [0.2, 0.25) is 0 Å². The van der Waals surface area contributed by atoms with Crippen LogP contribution in [0.15, 0.2) is 51.8 Å². The maximum atomic E-state index is 11.6. The summed E-state index contributed by atoms with van der Waals surface area (Å²) in [5.74, 6) is 0. The number of nitro benzene ring substituents is 1. The SMILES string of the molecule is CC[C@@H](Nc1ccc(S(C)(=O)=O)cc1[N+](=O)[O-])c1ccc(Br)cc1. The molecule has 0 aliphatic heterocycles. The molecule has 0 amide bonds. The molecule has 6 nitrogen and oxygen atoms in total. The molecule has 2 rings (SSSR count). The van der Waals surface area contributed by atoms with Gasteiger partial charge in [-0.2, -0.15) is 0 Å². The molecule has 0 spiro atoms. The molecule has 0 aromatic heterocycles. The fourth-order valence-corrected chi connectivity index (χ4v) is 3.22. The van der Waals surface area contributed by atoms with Crippen molar-refractivity contribution in [2.45, 2.75) is 24.3 Å². The van der Waals surface area contributed by atoms with Crippen LogP contribution in [0.4, 0.5) is 11.4 Å². The van der Waals surface area contributed by atoms with Crippen LogP contribution < -0.4 is 5.32 Å². The van der Waals surface area contributed by atoms with Crippen LogP contribution in [-0.4, -0.2) is 19.6 Å².